The van der Waals surface area contributed by atoms with Crippen molar-refractivity contribution in [3.05, 3.63) is 29.3 Å². The molecule has 1 aromatic rings. The first-order valence-corrected chi connectivity index (χ1v) is 6.92. The van der Waals surface area contributed by atoms with E-state index in [0.29, 0.717) is 17.7 Å². The molecule has 0 radical (unpaired) electrons. The van der Waals surface area contributed by atoms with Crippen LogP contribution < -0.4 is 5.32 Å². The lowest BCUT2D eigenvalue weighted by Gasteiger charge is -2.14. The van der Waals surface area contributed by atoms with Crippen LogP contribution in [0.3, 0.4) is 0 Å². The number of nitrogens with one attached hydrogen (secondary N) is 1. The third kappa shape index (κ3) is 3.81. The second kappa shape index (κ2) is 6.52. The Hall–Kier alpha value is -1.88. The maximum Gasteiger partial charge on any atom is 0.335 e. The van der Waals surface area contributed by atoms with Crippen molar-refractivity contribution in [2.75, 3.05) is 25.0 Å². The number of nitrogens with zero attached hydrogens (tertiary/aromatic N) is 1. The molecule has 0 bridgehead atoms. The number of carboxylic acid groups (broad SMARTS) is 1. The summed E-state index contributed by atoms with van der Waals surface area (Å²) in [5, 5.41) is 11.8. The van der Waals surface area contributed by atoms with Gasteiger partial charge in [0.2, 0.25) is 5.91 Å². The van der Waals surface area contributed by atoms with Gasteiger partial charge in [-0.15, -0.1) is 0 Å². The van der Waals surface area contributed by atoms with E-state index < -0.39 is 5.97 Å². The molecule has 5 nitrogen and oxygen atoms in total. The normalized spacial score (nSPS) is 15.2. The molecule has 0 spiro atoms. The fourth-order valence-electron chi connectivity index (χ4n) is 2.47. The molecular formula is C15H20N2O3. The second-order valence-corrected chi connectivity index (χ2v) is 5.18. The molecule has 0 unspecified atom stereocenters. The van der Waals surface area contributed by atoms with E-state index in [1.54, 1.807) is 19.1 Å². The summed E-state index contributed by atoms with van der Waals surface area (Å²) in [6, 6.07) is 4.84. The zero-order valence-corrected chi connectivity index (χ0v) is 11.7. The minimum absolute atomic E-state index is 0.0284. The topological polar surface area (TPSA) is 69.6 Å². The van der Waals surface area contributed by atoms with Crippen LogP contribution in [0.25, 0.3) is 0 Å². The number of hydrogen-bond donors (Lipinski definition) is 2. The molecule has 1 heterocycles. The van der Waals surface area contributed by atoms with E-state index in [0.717, 1.165) is 19.6 Å². The Morgan fingerprint density at radius 3 is 2.60 bits per heavy atom. The Bertz CT molecular complexity index is 508. The van der Waals surface area contributed by atoms with Crippen molar-refractivity contribution in [3.8, 4) is 0 Å². The molecule has 1 saturated heterocycles. The number of amides is 1. The summed E-state index contributed by atoms with van der Waals surface area (Å²) in [7, 11) is 0. The molecular weight excluding hydrogens is 256 g/mol. The average molecular weight is 276 g/mol. The molecule has 20 heavy (non-hydrogen) atoms. The molecule has 0 aromatic heterocycles. The number of carbonyl (C=O) groups excluding carboxylic acids is 1. The summed E-state index contributed by atoms with van der Waals surface area (Å²) in [5.74, 6) is -0.978. The van der Waals surface area contributed by atoms with Crippen molar-refractivity contribution in [3.63, 3.8) is 0 Å². The van der Waals surface area contributed by atoms with E-state index in [9.17, 15) is 9.59 Å². The molecule has 0 atom stereocenters. The third-order valence-corrected chi connectivity index (χ3v) is 3.59. The molecule has 1 aromatic carbocycles. The Morgan fingerprint density at radius 1 is 1.30 bits per heavy atom. The minimum atomic E-state index is -0.950. The molecule has 1 fully saturated rings. The molecule has 5 heteroatoms. The smallest absolute Gasteiger partial charge is 0.335 e. The van der Waals surface area contributed by atoms with Crippen molar-refractivity contribution >= 4 is 17.6 Å². The number of anilines is 1. The Balaban J connectivity index is 1.87. The monoisotopic (exact) mass is 276 g/mol. The van der Waals surface area contributed by atoms with Crippen LogP contribution in [0.4, 0.5) is 5.69 Å². The standard InChI is InChI=1S/C15H20N2O3/c1-11-10-12(4-5-13(11)15(19)20)16-14(18)6-9-17-7-2-3-8-17/h4-5,10H,2-3,6-9H2,1H3,(H,16,18)(H,19,20). The predicted octanol–water partition coefficient (Wildman–Crippen LogP) is 2.12. The van der Waals surface area contributed by atoms with E-state index in [1.807, 2.05) is 0 Å². The van der Waals surface area contributed by atoms with Gasteiger partial charge in [-0.05, 0) is 56.6 Å². The second-order valence-electron chi connectivity index (χ2n) is 5.18. The number of hydrogen-bond acceptors (Lipinski definition) is 3. The zero-order chi connectivity index (χ0) is 14.5. The van der Waals surface area contributed by atoms with Crippen LogP contribution >= 0.6 is 0 Å². The lowest BCUT2D eigenvalue weighted by atomic mass is 10.1. The third-order valence-electron chi connectivity index (χ3n) is 3.59. The Kier molecular flexibility index (Phi) is 4.74. The van der Waals surface area contributed by atoms with Gasteiger partial charge in [0.05, 0.1) is 5.56 Å². The van der Waals surface area contributed by atoms with Gasteiger partial charge in [-0.3, -0.25) is 4.79 Å². The van der Waals surface area contributed by atoms with Gasteiger partial charge < -0.3 is 15.3 Å². The predicted molar refractivity (Wildman–Crippen MR) is 77.1 cm³/mol. The van der Waals surface area contributed by atoms with Crippen LogP contribution in [-0.2, 0) is 4.79 Å². The van der Waals surface area contributed by atoms with Crippen molar-refractivity contribution < 1.29 is 14.7 Å². The number of benzene rings is 1. The highest BCUT2D eigenvalue weighted by molar-refractivity contribution is 5.93. The van der Waals surface area contributed by atoms with Gasteiger partial charge in [-0.2, -0.15) is 0 Å². The number of carbonyl (C=O) groups is 2. The van der Waals surface area contributed by atoms with Gasteiger partial charge in [0.1, 0.15) is 0 Å². The summed E-state index contributed by atoms with van der Waals surface area (Å²) >= 11 is 0. The van der Waals surface area contributed by atoms with Crippen LogP contribution in [0.2, 0.25) is 0 Å². The van der Waals surface area contributed by atoms with Gasteiger partial charge >= 0.3 is 5.97 Å². The van der Waals surface area contributed by atoms with E-state index in [1.165, 1.54) is 18.9 Å². The highest BCUT2D eigenvalue weighted by atomic mass is 16.4. The lowest BCUT2D eigenvalue weighted by molar-refractivity contribution is -0.116. The minimum Gasteiger partial charge on any atom is -0.478 e. The molecule has 108 valence electrons. The van der Waals surface area contributed by atoms with Crippen LogP contribution in [-0.4, -0.2) is 41.5 Å². The van der Waals surface area contributed by atoms with E-state index in [-0.39, 0.29) is 11.5 Å². The molecule has 2 rings (SSSR count). The van der Waals surface area contributed by atoms with Crippen molar-refractivity contribution in [2.45, 2.75) is 26.2 Å². The highest BCUT2D eigenvalue weighted by Crippen LogP contribution is 2.15. The number of rotatable bonds is 5. The fourth-order valence-corrected chi connectivity index (χ4v) is 2.47. The van der Waals surface area contributed by atoms with Gasteiger partial charge in [0, 0.05) is 18.7 Å². The molecule has 1 aliphatic heterocycles. The number of likely N-dealkylation sites (tertiary alicyclic amines) is 1. The van der Waals surface area contributed by atoms with Crippen LogP contribution in [0, 0.1) is 6.92 Å². The summed E-state index contributed by atoms with van der Waals surface area (Å²) < 4.78 is 0. The quantitative estimate of drug-likeness (QED) is 0.864. The van der Waals surface area contributed by atoms with Crippen molar-refractivity contribution in [1.82, 2.24) is 4.90 Å². The number of aryl methyl sites for hydroxylation is 1. The molecule has 0 aliphatic carbocycles. The molecule has 2 N–H and O–H groups in total. The van der Waals surface area contributed by atoms with E-state index in [2.05, 4.69) is 10.2 Å². The van der Waals surface area contributed by atoms with E-state index in [4.69, 9.17) is 5.11 Å². The largest absolute Gasteiger partial charge is 0.478 e. The summed E-state index contributed by atoms with van der Waals surface area (Å²) in [4.78, 5) is 25.0. The Labute approximate surface area is 118 Å². The first kappa shape index (κ1) is 14.5. The van der Waals surface area contributed by atoms with Crippen LogP contribution in [0.1, 0.15) is 35.2 Å². The number of carboxylic acids is 1. The van der Waals surface area contributed by atoms with Gasteiger partial charge in [0.15, 0.2) is 0 Å². The maximum absolute atomic E-state index is 11.8. The molecule has 1 amide bonds. The summed E-state index contributed by atoms with van der Waals surface area (Å²) in [6.45, 7) is 4.68. The maximum atomic E-state index is 11.8. The SMILES string of the molecule is Cc1cc(NC(=O)CCN2CCCC2)ccc1C(=O)O. The van der Waals surface area contributed by atoms with Gasteiger partial charge in [-0.1, -0.05) is 0 Å². The average Bonchev–Trinajstić information content (AvgIpc) is 2.89. The van der Waals surface area contributed by atoms with Crippen molar-refractivity contribution in [1.29, 1.82) is 0 Å². The first-order valence-electron chi connectivity index (χ1n) is 6.92. The highest BCUT2D eigenvalue weighted by Gasteiger charge is 2.13. The lowest BCUT2D eigenvalue weighted by Crippen LogP contribution is -2.25. The number of aromatic carboxylic acids is 1. The van der Waals surface area contributed by atoms with Crippen LogP contribution in [0.5, 0.6) is 0 Å². The summed E-state index contributed by atoms with van der Waals surface area (Å²) in [5.41, 5.74) is 1.56. The van der Waals surface area contributed by atoms with Crippen LogP contribution in [0.15, 0.2) is 18.2 Å². The summed E-state index contributed by atoms with van der Waals surface area (Å²) in [6.07, 6.45) is 2.91. The van der Waals surface area contributed by atoms with Crippen molar-refractivity contribution in [2.24, 2.45) is 0 Å². The molecule has 0 saturated carbocycles. The zero-order valence-electron chi connectivity index (χ0n) is 11.7. The van der Waals surface area contributed by atoms with Gasteiger partial charge in [0.25, 0.3) is 0 Å². The van der Waals surface area contributed by atoms with Gasteiger partial charge in [-0.25, -0.2) is 4.79 Å². The van der Waals surface area contributed by atoms with E-state index >= 15 is 0 Å². The fraction of sp³-hybridized carbons (Fsp3) is 0.467. The Morgan fingerprint density at radius 2 is 2.00 bits per heavy atom. The molecule has 1 aliphatic rings. The first-order chi connectivity index (χ1) is 9.56.